The summed E-state index contributed by atoms with van der Waals surface area (Å²) in [5, 5.41) is 6.65. The Hall–Kier alpha value is -4.13. The number of pyridine rings is 1. The van der Waals surface area contributed by atoms with Gasteiger partial charge in [-0.1, -0.05) is 30.3 Å². The molecule has 2 N–H and O–H groups in total. The average Bonchev–Trinajstić information content (AvgIpc) is 3.54. The number of para-hydroxylation sites is 1. The van der Waals surface area contributed by atoms with Crippen molar-refractivity contribution < 1.29 is 18.7 Å². The number of hydrogen-bond acceptors (Lipinski definition) is 5. The number of benzene rings is 2. The third kappa shape index (κ3) is 5.87. The molecule has 7 heteroatoms. The van der Waals surface area contributed by atoms with Gasteiger partial charge in [-0.2, -0.15) is 0 Å². The first-order chi connectivity index (χ1) is 17.1. The summed E-state index contributed by atoms with van der Waals surface area (Å²) in [5.74, 6) is 0.464. The fourth-order valence-electron chi connectivity index (χ4n) is 4.24. The zero-order valence-corrected chi connectivity index (χ0v) is 19.3. The van der Waals surface area contributed by atoms with Crippen molar-refractivity contribution in [3.63, 3.8) is 0 Å². The SMILES string of the molecule is O=C(Cc1ccc(NC(=O)c2cc3ccccc3o2)cc1)NCc1ccnc(OC2CCCC2)c1. The van der Waals surface area contributed by atoms with Crippen LogP contribution in [0, 0.1) is 0 Å². The van der Waals surface area contributed by atoms with Crippen LogP contribution < -0.4 is 15.4 Å². The number of nitrogens with zero attached hydrogens (tertiary/aromatic N) is 1. The number of amides is 2. The van der Waals surface area contributed by atoms with E-state index in [2.05, 4.69) is 15.6 Å². The van der Waals surface area contributed by atoms with E-state index in [1.807, 2.05) is 48.5 Å². The van der Waals surface area contributed by atoms with E-state index >= 15 is 0 Å². The largest absolute Gasteiger partial charge is 0.474 e. The summed E-state index contributed by atoms with van der Waals surface area (Å²) in [6.45, 7) is 0.411. The summed E-state index contributed by atoms with van der Waals surface area (Å²) in [5.41, 5.74) is 3.10. The Morgan fingerprint density at radius 2 is 1.77 bits per heavy atom. The topological polar surface area (TPSA) is 93.5 Å². The molecule has 5 rings (SSSR count). The van der Waals surface area contributed by atoms with Gasteiger partial charge >= 0.3 is 0 Å². The first-order valence-electron chi connectivity index (χ1n) is 11.9. The molecule has 2 heterocycles. The molecule has 1 aliphatic carbocycles. The minimum atomic E-state index is -0.319. The normalized spacial score (nSPS) is 13.6. The number of carbonyl (C=O) groups excluding carboxylic acids is 2. The number of ether oxygens (including phenoxy) is 1. The summed E-state index contributed by atoms with van der Waals surface area (Å²) in [6, 6.07) is 20.2. The van der Waals surface area contributed by atoms with Gasteiger partial charge in [0.1, 0.15) is 11.7 Å². The lowest BCUT2D eigenvalue weighted by atomic mass is 10.1. The second-order valence-electron chi connectivity index (χ2n) is 8.78. The van der Waals surface area contributed by atoms with Crippen LogP contribution in [0.15, 0.2) is 77.3 Å². The minimum Gasteiger partial charge on any atom is -0.474 e. The summed E-state index contributed by atoms with van der Waals surface area (Å²) in [7, 11) is 0. The van der Waals surface area contributed by atoms with Crippen molar-refractivity contribution in [3.05, 3.63) is 89.8 Å². The molecule has 0 radical (unpaired) electrons. The number of carbonyl (C=O) groups is 2. The van der Waals surface area contributed by atoms with Crippen LogP contribution in [0.5, 0.6) is 5.88 Å². The van der Waals surface area contributed by atoms with Crippen LogP contribution in [0.25, 0.3) is 11.0 Å². The molecule has 1 fully saturated rings. The number of rotatable bonds is 8. The van der Waals surface area contributed by atoms with Crippen molar-refractivity contribution in [1.29, 1.82) is 0 Å². The first-order valence-corrected chi connectivity index (χ1v) is 11.9. The number of nitrogens with one attached hydrogen (secondary N) is 2. The van der Waals surface area contributed by atoms with Crippen LogP contribution >= 0.6 is 0 Å². The summed E-state index contributed by atoms with van der Waals surface area (Å²) in [6.07, 6.45) is 6.76. The second kappa shape index (κ2) is 10.4. The van der Waals surface area contributed by atoms with E-state index in [4.69, 9.17) is 9.15 Å². The van der Waals surface area contributed by atoms with E-state index in [1.165, 1.54) is 12.8 Å². The Kier molecular flexibility index (Phi) is 6.75. The molecule has 35 heavy (non-hydrogen) atoms. The highest BCUT2D eigenvalue weighted by Crippen LogP contribution is 2.23. The molecule has 2 aromatic carbocycles. The number of fused-ring (bicyclic) bond motifs is 1. The lowest BCUT2D eigenvalue weighted by Gasteiger charge is -2.13. The van der Waals surface area contributed by atoms with E-state index in [0.717, 1.165) is 29.4 Å². The van der Waals surface area contributed by atoms with Gasteiger partial charge in [-0.3, -0.25) is 9.59 Å². The van der Waals surface area contributed by atoms with Gasteiger partial charge in [0.2, 0.25) is 11.8 Å². The van der Waals surface area contributed by atoms with Crippen molar-refractivity contribution in [1.82, 2.24) is 10.3 Å². The van der Waals surface area contributed by atoms with Crippen LogP contribution in [0.4, 0.5) is 5.69 Å². The highest BCUT2D eigenvalue weighted by molar-refractivity contribution is 6.04. The number of anilines is 1. The van der Waals surface area contributed by atoms with Gasteiger partial charge in [0.25, 0.3) is 5.91 Å². The zero-order valence-electron chi connectivity index (χ0n) is 19.3. The van der Waals surface area contributed by atoms with Gasteiger partial charge in [-0.15, -0.1) is 0 Å². The summed E-state index contributed by atoms with van der Waals surface area (Å²) >= 11 is 0. The van der Waals surface area contributed by atoms with E-state index in [9.17, 15) is 9.59 Å². The van der Waals surface area contributed by atoms with E-state index in [0.29, 0.717) is 23.7 Å². The maximum Gasteiger partial charge on any atom is 0.291 e. The summed E-state index contributed by atoms with van der Waals surface area (Å²) in [4.78, 5) is 29.2. The van der Waals surface area contributed by atoms with Crippen LogP contribution in [0.3, 0.4) is 0 Å². The van der Waals surface area contributed by atoms with Gasteiger partial charge in [0.15, 0.2) is 5.76 Å². The van der Waals surface area contributed by atoms with Gasteiger partial charge in [-0.25, -0.2) is 4.98 Å². The van der Waals surface area contributed by atoms with E-state index in [-0.39, 0.29) is 30.1 Å². The Morgan fingerprint density at radius 3 is 2.57 bits per heavy atom. The molecule has 7 nitrogen and oxygen atoms in total. The molecular formula is C28H27N3O4. The molecule has 178 valence electrons. The Balaban J connectivity index is 1.11. The van der Waals surface area contributed by atoms with Crippen molar-refractivity contribution in [3.8, 4) is 5.88 Å². The van der Waals surface area contributed by atoms with Gasteiger partial charge in [-0.05, 0) is 67.1 Å². The van der Waals surface area contributed by atoms with E-state index in [1.54, 1.807) is 24.4 Å². The molecule has 1 saturated carbocycles. The van der Waals surface area contributed by atoms with Crippen molar-refractivity contribution in [2.45, 2.75) is 44.8 Å². The molecule has 0 spiro atoms. The zero-order chi connectivity index (χ0) is 24.0. The molecule has 4 aromatic rings. The molecule has 0 atom stereocenters. The Bertz CT molecular complexity index is 1290. The monoisotopic (exact) mass is 469 g/mol. The molecule has 0 aliphatic heterocycles. The third-order valence-corrected chi connectivity index (χ3v) is 6.10. The van der Waals surface area contributed by atoms with Crippen molar-refractivity contribution in [2.24, 2.45) is 0 Å². The minimum absolute atomic E-state index is 0.0841. The second-order valence-corrected chi connectivity index (χ2v) is 8.78. The van der Waals surface area contributed by atoms with E-state index < -0.39 is 0 Å². The van der Waals surface area contributed by atoms with Crippen LogP contribution in [0.2, 0.25) is 0 Å². The Labute approximate surface area is 203 Å². The highest BCUT2D eigenvalue weighted by Gasteiger charge is 2.17. The Morgan fingerprint density at radius 1 is 0.971 bits per heavy atom. The standard InChI is InChI=1S/C28H27N3O4/c32-26(30-18-20-13-14-29-27(16-20)34-23-6-2-3-7-23)15-19-9-11-22(12-10-19)31-28(33)25-17-21-5-1-4-8-24(21)35-25/h1,4-5,8-14,16-17,23H,2-3,6-7,15,18H2,(H,30,32)(H,31,33). The maximum absolute atomic E-state index is 12.5. The highest BCUT2D eigenvalue weighted by atomic mass is 16.5. The smallest absolute Gasteiger partial charge is 0.291 e. The third-order valence-electron chi connectivity index (χ3n) is 6.10. The molecule has 2 amide bonds. The van der Waals surface area contributed by atoms with Gasteiger partial charge in [0.05, 0.1) is 6.42 Å². The van der Waals surface area contributed by atoms with Crippen LogP contribution in [-0.2, 0) is 17.8 Å². The fraction of sp³-hybridized carbons (Fsp3) is 0.250. The first kappa shape index (κ1) is 22.7. The molecular weight excluding hydrogens is 442 g/mol. The predicted molar refractivity (Wildman–Crippen MR) is 133 cm³/mol. The number of furan rings is 1. The van der Waals surface area contributed by atoms with Crippen LogP contribution in [0.1, 0.15) is 47.4 Å². The quantitative estimate of drug-likeness (QED) is 0.367. The maximum atomic E-state index is 12.5. The molecule has 0 bridgehead atoms. The molecule has 2 aromatic heterocycles. The lowest BCUT2D eigenvalue weighted by Crippen LogP contribution is -2.24. The van der Waals surface area contributed by atoms with Gasteiger partial charge in [0, 0.05) is 29.9 Å². The predicted octanol–water partition coefficient (Wildman–Crippen LogP) is 5.26. The number of hydrogen-bond donors (Lipinski definition) is 2. The van der Waals surface area contributed by atoms with Crippen molar-refractivity contribution >= 4 is 28.5 Å². The molecule has 0 saturated heterocycles. The summed E-state index contributed by atoms with van der Waals surface area (Å²) < 4.78 is 11.5. The van der Waals surface area contributed by atoms with Crippen molar-refractivity contribution in [2.75, 3.05) is 5.32 Å². The average molecular weight is 470 g/mol. The van der Waals surface area contributed by atoms with Crippen LogP contribution in [-0.4, -0.2) is 22.9 Å². The van der Waals surface area contributed by atoms with Gasteiger partial charge < -0.3 is 19.8 Å². The molecule has 1 aliphatic rings. The fourth-order valence-corrected chi connectivity index (χ4v) is 4.24. The lowest BCUT2D eigenvalue weighted by molar-refractivity contribution is -0.120. The number of aromatic nitrogens is 1. The molecule has 0 unspecified atom stereocenters.